The van der Waals surface area contributed by atoms with Gasteiger partial charge in [0.05, 0.1) is 0 Å². The molecule has 0 aliphatic carbocycles. The lowest BCUT2D eigenvalue weighted by atomic mass is 10.3. The molecule has 1 aliphatic heterocycles. The van der Waals surface area contributed by atoms with Gasteiger partial charge in [-0.1, -0.05) is 13.3 Å². The highest BCUT2D eigenvalue weighted by atomic mass is 17.4. The third-order valence-corrected chi connectivity index (χ3v) is 1.20. The van der Waals surface area contributed by atoms with Crippen LogP contribution in [0.5, 0.6) is 0 Å². The molecule has 0 aromatic carbocycles. The van der Waals surface area contributed by atoms with E-state index in [1.165, 1.54) is 7.11 Å². The maximum Gasteiger partial charge on any atom is 0.329 e. The molecule has 1 saturated heterocycles. The molecular formula is C6H12O5. The summed E-state index contributed by atoms with van der Waals surface area (Å²) < 4.78 is 4.62. The molecule has 5 heteroatoms. The van der Waals surface area contributed by atoms with Crippen molar-refractivity contribution in [2.45, 2.75) is 32.5 Å². The molecule has 0 N–H and O–H groups in total. The van der Waals surface area contributed by atoms with Crippen LogP contribution >= 0.6 is 0 Å². The summed E-state index contributed by atoms with van der Waals surface area (Å²) in [6.07, 6.45) is 1.23. The highest BCUT2D eigenvalue weighted by molar-refractivity contribution is 4.37. The van der Waals surface area contributed by atoms with E-state index < -0.39 is 12.8 Å². The summed E-state index contributed by atoms with van der Waals surface area (Å²) in [7, 11) is 1.43. The second kappa shape index (κ2) is 4.63. The van der Waals surface area contributed by atoms with Crippen molar-refractivity contribution in [3.05, 3.63) is 0 Å². The fourth-order valence-corrected chi connectivity index (χ4v) is 0.657. The largest absolute Gasteiger partial charge is 0.330 e. The number of ether oxygens (including phenoxy) is 1. The molecule has 1 rings (SSSR count). The quantitative estimate of drug-likeness (QED) is 0.581. The Hall–Kier alpha value is -0.200. The van der Waals surface area contributed by atoms with E-state index in [9.17, 15) is 0 Å². The average molecular weight is 164 g/mol. The fourth-order valence-electron chi connectivity index (χ4n) is 0.657. The summed E-state index contributed by atoms with van der Waals surface area (Å²) in [4.78, 5) is 18.7. The standard InChI is InChI=1S/C6H12O5/c1-3-4-5-8-10-6(7-2)11-9-5/h5-6H,3-4H2,1-2H3. The minimum Gasteiger partial charge on any atom is -0.330 e. The van der Waals surface area contributed by atoms with E-state index in [-0.39, 0.29) is 0 Å². The van der Waals surface area contributed by atoms with Crippen molar-refractivity contribution < 1.29 is 24.3 Å². The highest BCUT2D eigenvalue weighted by Gasteiger charge is 2.23. The average Bonchev–Trinajstić information content (AvgIpc) is 2.07. The molecule has 1 aliphatic rings. The molecule has 0 amide bonds. The van der Waals surface area contributed by atoms with Gasteiger partial charge in [0.1, 0.15) is 0 Å². The van der Waals surface area contributed by atoms with Gasteiger partial charge in [0.2, 0.25) is 6.29 Å². The molecule has 1 heterocycles. The SMILES string of the molecule is CCCC1OOC(OC)OO1. The van der Waals surface area contributed by atoms with E-state index in [0.29, 0.717) is 0 Å². The van der Waals surface area contributed by atoms with Crippen molar-refractivity contribution in [1.29, 1.82) is 0 Å². The minimum atomic E-state index is -0.872. The molecule has 1 fully saturated rings. The molecule has 0 radical (unpaired) electrons. The van der Waals surface area contributed by atoms with Crippen LogP contribution in [0, 0.1) is 0 Å². The van der Waals surface area contributed by atoms with Crippen LogP contribution in [0.1, 0.15) is 19.8 Å². The Bertz CT molecular complexity index is 99.1. The zero-order valence-corrected chi connectivity index (χ0v) is 6.61. The zero-order valence-electron chi connectivity index (χ0n) is 6.61. The predicted octanol–water partition coefficient (Wildman–Crippen LogP) is 0.953. The van der Waals surface area contributed by atoms with Crippen LogP contribution in [0.15, 0.2) is 0 Å². The first-order valence-electron chi connectivity index (χ1n) is 3.54. The van der Waals surface area contributed by atoms with Gasteiger partial charge in [0, 0.05) is 13.5 Å². The molecule has 0 spiro atoms. The van der Waals surface area contributed by atoms with E-state index >= 15 is 0 Å². The van der Waals surface area contributed by atoms with E-state index in [4.69, 9.17) is 9.78 Å². The Kier molecular flexibility index (Phi) is 3.74. The molecule has 0 aromatic heterocycles. The maximum atomic E-state index is 4.75. The van der Waals surface area contributed by atoms with Gasteiger partial charge in [0.15, 0.2) is 0 Å². The summed E-state index contributed by atoms with van der Waals surface area (Å²) in [5, 5.41) is 0. The van der Waals surface area contributed by atoms with Crippen LogP contribution in [-0.2, 0) is 24.3 Å². The number of methoxy groups -OCH3 is 1. The molecular weight excluding hydrogens is 152 g/mol. The van der Waals surface area contributed by atoms with Gasteiger partial charge in [-0.3, -0.25) is 0 Å². The lowest BCUT2D eigenvalue weighted by molar-refractivity contribution is -0.626. The van der Waals surface area contributed by atoms with Crippen LogP contribution in [0.2, 0.25) is 0 Å². The lowest BCUT2D eigenvalue weighted by Crippen LogP contribution is -2.33. The monoisotopic (exact) mass is 164 g/mol. The van der Waals surface area contributed by atoms with Gasteiger partial charge >= 0.3 is 6.48 Å². The smallest absolute Gasteiger partial charge is 0.329 e. The van der Waals surface area contributed by atoms with Crippen molar-refractivity contribution in [2.24, 2.45) is 0 Å². The number of hydrogen-bond donors (Lipinski definition) is 0. The number of rotatable bonds is 3. The molecule has 11 heavy (non-hydrogen) atoms. The van der Waals surface area contributed by atoms with Gasteiger partial charge in [0.25, 0.3) is 0 Å². The number of hydrogen-bond acceptors (Lipinski definition) is 5. The van der Waals surface area contributed by atoms with Crippen molar-refractivity contribution in [3.8, 4) is 0 Å². The van der Waals surface area contributed by atoms with Gasteiger partial charge < -0.3 is 4.74 Å². The van der Waals surface area contributed by atoms with Crippen molar-refractivity contribution >= 4 is 0 Å². The van der Waals surface area contributed by atoms with Crippen LogP contribution in [-0.4, -0.2) is 19.9 Å². The topological polar surface area (TPSA) is 46.2 Å². The Morgan fingerprint density at radius 1 is 1.18 bits per heavy atom. The van der Waals surface area contributed by atoms with E-state index in [2.05, 4.69) is 14.5 Å². The van der Waals surface area contributed by atoms with Crippen molar-refractivity contribution in [1.82, 2.24) is 0 Å². The molecule has 0 aromatic rings. The molecule has 66 valence electrons. The summed E-state index contributed by atoms with van der Waals surface area (Å²) in [5.41, 5.74) is 0. The van der Waals surface area contributed by atoms with Crippen LogP contribution in [0.4, 0.5) is 0 Å². The Balaban J connectivity index is 2.14. The van der Waals surface area contributed by atoms with Crippen molar-refractivity contribution in [3.63, 3.8) is 0 Å². The summed E-state index contributed by atoms with van der Waals surface area (Å²) in [6.45, 7) is 1.14. The normalized spacial score (nSPS) is 32.2. The summed E-state index contributed by atoms with van der Waals surface area (Å²) in [5.74, 6) is 0. The van der Waals surface area contributed by atoms with Gasteiger partial charge in [-0.15, -0.1) is 0 Å². The van der Waals surface area contributed by atoms with E-state index in [1.54, 1.807) is 0 Å². The van der Waals surface area contributed by atoms with Crippen LogP contribution in [0.3, 0.4) is 0 Å². The molecule has 0 saturated carbocycles. The first kappa shape index (κ1) is 8.89. The lowest BCUT2D eigenvalue weighted by Gasteiger charge is -2.24. The molecule has 0 unspecified atom stereocenters. The first-order valence-corrected chi connectivity index (χ1v) is 3.54. The van der Waals surface area contributed by atoms with Gasteiger partial charge in [-0.05, 0) is 0 Å². The fraction of sp³-hybridized carbons (Fsp3) is 1.00. The van der Waals surface area contributed by atoms with Crippen LogP contribution in [0.25, 0.3) is 0 Å². The summed E-state index contributed by atoms with van der Waals surface area (Å²) in [6, 6.07) is 0. The first-order chi connectivity index (χ1) is 5.36. The second-order valence-corrected chi connectivity index (χ2v) is 2.13. The molecule has 5 nitrogen and oxygen atoms in total. The third kappa shape index (κ3) is 2.72. The van der Waals surface area contributed by atoms with Crippen LogP contribution < -0.4 is 0 Å². The van der Waals surface area contributed by atoms with Crippen molar-refractivity contribution in [2.75, 3.05) is 7.11 Å². The zero-order chi connectivity index (χ0) is 8.10. The Morgan fingerprint density at radius 2 is 1.82 bits per heavy atom. The Morgan fingerprint density at radius 3 is 2.27 bits per heavy atom. The molecule has 0 bridgehead atoms. The molecule has 0 atom stereocenters. The van der Waals surface area contributed by atoms with E-state index in [1.807, 2.05) is 6.92 Å². The third-order valence-electron chi connectivity index (χ3n) is 1.20. The minimum absolute atomic E-state index is 0.439. The summed E-state index contributed by atoms with van der Waals surface area (Å²) >= 11 is 0. The Labute approximate surface area is 65.0 Å². The highest BCUT2D eigenvalue weighted by Crippen LogP contribution is 2.14. The van der Waals surface area contributed by atoms with Gasteiger partial charge in [-0.2, -0.15) is 19.6 Å². The maximum absolute atomic E-state index is 4.75. The predicted molar refractivity (Wildman–Crippen MR) is 33.8 cm³/mol. The van der Waals surface area contributed by atoms with E-state index in [0.717, 1.165) is 12.8 Å². The second-order valence-electron chi connectivity index (χ2n) is 2.13. The van der Waals surface area contributed by atoms with Gasteiger partial charge in [-0.25, -0.2) is 0 Å².